The van der Waals surface area contributed by atoms with E-state index < -0.39 is 28.3 Å². The highest BCUT2D eigenvalue weighted by molar-refractivity contribution is 5.70. The molecule has 0 aromatic heterocycles. The topological polar surface area (TPSA) is 102 Å². The maximum atomic E-state index is 13.9. The Morgan fingerprint density at radius 3 is 2.76 bits per heavy atom. The van der Waals surface area contributed by atoms with Gasteiger partial charge >= 0.3 is 11.7 Å². The first kappa shape index (κ1) is 15.0. The van der Waals surface area contributed by atoms with Gasteiger partial charge in [-0.05, 0) is 19.3 Å². The van der Waals surface area contributed by atoms with Gasteiger partial charge in [0.05, 0.1) is 29.7 Å². The number of nitrogens with one attached hydrogen (secondary N) is 1. The van der Waals surface area contributed by atoms with Gasteiger partial charge in [0, 0.05) is 12.1 Å². The lowest BCUT2D eigenvalue weighted by Crippen LogP contribution is -2.18. The Labute approximate surface area is 119 Å². The number of nitrogens with zero attached hydrogens (tertiary/aromatic N) is 1. The van der Waals surface area contributed by atoms with E-state index in [-0.39, 0.29) is 17.5 Å². The zero-order chi connectivity index (χ0) is 15.6. The average Bonchev–Trinajstić information content (AvgIpc) is 2.89. The molecule has 2 atom stereocenters. The van der Waals surface area contributed by atoms with Crippen LogP contribution in [0, 0.1) is 21.8 Å². The monoisotopic (exact) mass is 298 g/mol. The number of anilines is 1. The number of methoxy groups -OCH3 is 1. The number of nitro groups is 1. The van der Waals surface area contributed by atoms with Crippen LogP contribution in [0.25, 0.3) is 0 Å². The summed E-state index contributed by atoms with van der Waals surface area (Å²) in [7, 11) is 1.26. The van der Waals surface area contributed by atoms with Crippen LogP contribution in [0.3, 0.4) is 0 Å². The van der Waals surface area contributed by atoms with Crippen molar-refractivity contribution in [3.63, 3.8) is 0 Å². The van der Waals surface area contributed by atoms with Crippen molar-refractivity contribution < 1.29 is 24.0 Å². The first-order valence-corrected chi connectivity index (χ1v) is 6.43. The van der Waals surface area contributed by atoms with Gasteiger partial charge in [0.2, 0.25) is 0 Å². The van der Waals surface area contributed by atoms with Crippen molar-refractivity contribution in [2.75, 3.05) is 12.4 Å². The van der Waals surface area contributed by atoms with Gasteiger partial charge < -0.3 is 15.2 Å². The number of nitro benzene ring substituents is 1. The zero-order valence-electron chi connectivity index (χ0n) is 11.3. The predicted molar refractivity (Wildman–Crippen MR) is 72.0 cm³/mol. The number of hydrogen-bond acceptors (Lipinski definition) is 5. The summed E-state index contributed by atoms with van der Waals surface area (Å²) in [4.78, 5) is 20.9. The summed E-state index contributed by atoms with van der Waals surface area (Å²) in [6, 6.07) is 1.85. The predicted octanol–water partition coefficient (Wildman–Crippen LogP) is 2.41. The number of carboxylic acids is 1. The minimum Gasteiger partial charge on any atom is -0.490 e. The molecule has 0 heterocycles. The van der Waals surface area contributed by atoms with Crippen LogP contribution < -0.4 is 10.1 Å². The standard InChI is InChI=1S/C13H15FN2O5/c1-21-12-6-10(9(14)5-11(12)16(19)20)15-8-3-2-7(4-8)13(17)18/h5-8,15H,2-4H2,1H3,(H,17,18). The van der Waals surface area contributed by atoms with Crippen LogP contribution in [0.15, 0.2) is 12.1 Å². The van der Waals surface area contributed by atoms with Crippen LogP contribution in [-0.4, -0.2) is 29.2 Å². The molecule has 1 saturated carbocycles. The third-order valence-electron chi connectivity index (χ3n) is 3.61. The van der Waals surface area contributed by atoms with Gasteiger partial charge in [0.15, 0.2) is 11.6 Å². The lowest BCUT2D eigenvalue weighted by molar-refractivity contribution is -0.385. The normalized spacial score (nSPS) is 21.0. The molecule has 8 heteroatoms. The van der Waals surface area contributed by atoms with Crippen LogP contribution in [0.4, 0.5) is 15.8 Å². The second-order valence-electron chi connectivity index (χ2n) is 4.95. The van der Waals surface area contributed by atoms with Gasteiger partial charge in [-0.3, -0.25) is 14.9 Å². The number of halogens is 1. The lowest BCUT2D eigenvalue weighted by atomic mass is 10.1. The molecule has 7 nitrogen and oxygen atoms in total. The highest BCUT2D eigenvalue weighted by atomic mass is 19.1. The van der Waals surface area contributed by atoms with Crippen molar-refractivity contribution in [3.8, 4) is 5.75 Å². The lowest BCUT2D eigenvalue weighted by Gasteiger charge is -2.15. The number of rotatable bonds is 5. The molecular formula is C13H15FN2O5. The highest BCUT2D eigenvalue weighted by Crippen LogP contribution is 2.34. The van der Waals surface area contributed by atoms with Gasteiger partial charge in [0.1, 0.15) is 0 Å². The van der Waals surface area contributed by atoms with E-state index in [1.165, 1.54) is 13.2 Å². The van der Waals surface area contributed by atoms with Crippen molar-refractivity contribution in [2.24, 2.45) is 5.92 Å². The Hall–Kier alpha value is -2.38. The Morgan fingerprint density at radius 2 is 2.24 bits per heavy atom. The molecule has 2 rings (SSSR count). The second-order valence-corrected chi connectivity index (χ2v) is 4.95. The number of carboxylic acid groups (broad SMARTS) is 1. The average molecular weight is 298 g/mol. The molecule has 0 radical (unpaired) electrons. The summed E-state index contributed by atoms with van der Waals surface area (Å²) in [5.74, 6) is -2.11. The Bertz CT molecular complexity index is 578. The number of carbonyl (C=O) groups is 1. The molecule has 0 saturated heterocycles. The van der Waals surface area contributed by atoms with Gasteiger partial charge in [-0.25, -0.2) is 4.39 Å². The Kier molecular flexibility index (Phi) is 4.25. The van der Waals surface area contributed by atoms with Crippen LogP contribution in [0.5, 0.6) is 5.75 Å². The molecule has 0 spiro atoms. The molecule has 21 heavy (non-hydrogen) atoms. The van der Waals surface area contributed by atoms with E-state index in [1.54, 1.807) is 0 Å². The first-order valence-electron chi connectivity index (χ1n) is 6.43. The van der Waals surface area contributed by atoms with E-state index in [1.807, 2.05) is 0 Å². The minimum absolute atomic E-state index is 0.0447. The minimum atomic E-state index is -0.860. The molecule has 1 aromatic carbocycles. The molecule has 0 amide bonds. The first-order chi connectivity index (χ1) is 9.92. The number of hydrogen-bond donors (Lipinski definition) is 2. The SMILES string of the molecule is COc1cc(NC2CCC(C(=O)O)C2)c(F)cc1[N+](=O)[O-]. The van der Waals surface area contributed by atoms with E-state index >= 15 is 0 Å². The van der Waals surface area contributed by atoms with Crippen molar-refractivity contribution in [3.05, 3.63) is 28.1 Å². The molecule has 1 fully saturated rings. The fourth-order valence-corrected chi connectivity index (χ4v) is 2.52. The Morgan fingerprint density at radius 1 is 1.52 bits per heavy atom. The molecular weight excluding hydrogens is 283 g/mol. The van der Waals surface area contributed by atoms with Crippen molar-refractivity contribution >= 4 is 17.3 Å². The smallest absolute Gasteiger partial charge is 0.313 e. The van der Waals surface area contributed by atoms with Crippen LogP contribution in [-0.2, 0) is 4.79 Å². The van der Waals surface area contributed by atoms with Crippen molar-refractivity contribution in [2.45, 2.75) is 25.3 Å². The van der Waals surface area contributed by atoms with Crippen molar-refractivity contribution in [1.82, 2.24) is 0 Å². The Balaban J connectivity index is 2.17. The molecule has 0 aliphatic heterocycles. The third kappa shape index (κ3) is 3.21. The molecule has 2 unspecified atom stereocenters. The van der Waals surface area contributed by atoms with E-state index in [4.69, 9.17) is 9.84 Å². The maximum Gasteiger partial charge on any atom is 0.313 e. The highest BCUT2D eigenvalue weighted by Gasteiger charge is 2.30. The van der Waals surface area contributed by atoms with Crippen molar-refractivity contribution in [1.29, 1.82) is 0 Å². The van der Waals surface area contributed by atoms with Crippen LogP contribution >= 0.6 is 0 Å². The molecule has 2 N–H and O–H groups in total. The summed E-state index contributed by atoms with van der Waals surface area (Å²) in [6.45, 7) is 0. The van der Waals surface area contributed by atoms with E-state index in [0.717, 1.165) is 6.07 Å². The van der Waals surface area contributed by atoms with Gasteiger partial charge in [-0.15, -0.1) is 0 Å². The van der Waals surface area contributed by atoms with E-state index in [0.29, 0.717) is 19.3 Å². The molecule has 0 bridgehead atoms. The number of aliphatic carboxylic acids is 1. The molecule has 1 aliphatic rings. The zero-order valence-corrected chi connectivity index (χ0v) is 11.3. The van der Waals surface area contributed by atoms with Crippen LogP contribution in [0.2, 0.25) is 0 Å². The maximum absolute atomic E-state index is 13.9. The summed E-state index contributed by atoms with van der Waals surface area (Å²) in [5.41, 5.74) is -0.371. The van der Waals surface area contributed by atoms with E-state index in [9.17, 15) is 19.3 Å². The molecule has 1 aliphatic carbocycles. The number of benzene rings is 1. The number of ether oxygens (including phenoxy) is 1. The quantitative estimate of drug-likeness (QED) is 0.639. The largest absolute Gasteiger partial charge is 0.490 e. The van der Waals surface area contributed by atoms with Gasteiger partial charge in [-0.2, -0.15) is 0 Å². The van der Waals surface area contributed by atoms with Gasteiger partial charge in [-0.1, -0.05) is 0 Å². The molecule has 1 aromatic rings. The third-order valence-corrected chi connectivity index (χ3v) is 3.61. The summed E-state index contributed by atoms with van der Waals surface area (Å²) < 4.78 is 18.8. The summed E-state index contributed by atoms with van der Waals surface area (Å²) in [6.07, 6.45) is 1.53. The summed E-state index contributed by atoms with van der Waals surface area (Å²) >= 11 is 0. The fraction of sp³-hybridized carbons (Fsp3) is 0.462. The van der Waals surface area contributed by atoms with Crippen LogP contribution in [0.1, 0.15) is 19.3 Å². The van der Waals surface area contributed by atoms with E-state index in [2.05, 4.69) is 5.32 Å². The summed E-state index contributed by atoms with van der Waals surface area (Å²) in [5, 5.41) is 22.6. The second kappa shape index (κ2) is 5.94. The van der Waals surface area contributed by atoms with Gasteiger partial charge in [0.25, 0.3) is 0 Å². The molecule has 114 valence electrons. The fourth-order valence-electron chi connectivity index (χ4n) is 2.52.